The van der Waals surface area contributed by atoms with Crippen LogP contribution in [0.15, 0.2) is 41.1 Å². The molecule has 1 fully saturated rings. The van der Waals surface area contributed by atoms with Gasteiger partial charge in [0.05, 0.1) is 12.3 Å². The Hall–Kier alpha value is -2.72. The van der Waals surface area contributed by atoms with E-state index in [1.165, 1.54) is 6.20 Å². The van der Waals surface area contributed by atoms with Crippen LogP contribution in [0.5, 0.6) is 11.8 Å². The molecule has 0 unspecified atom stereocenters. The largest absolute Gasteiger partial charge is 0.480 e. The lowest BCUT2D eigenvalue weighted by Crippen LogP contribution is -2.41. The minimum absolute atomic E-state index is 0.0171. The number of carbonyl (C=O) groups excluding carboxylic acids is 1. The molecule has 4 rings (SSSR count). The average molecular weight is 501 g/mol. The Bertz CT molecular complexity index is 1050. The smallest absolute Gasteiger partial charge is 0.393 e. The van der Waals surface area contributed by atoms with Gasteiger partial charge in [-0.25, -0.2) is 0 Å². The van der Waals surface area contributed by atoms with E-state index in [2.05, 4.69) is 16.9 Å². The third-order valence-electron chi connectivity index (χ3n) is 5.82. The first-order valence-corrected chi connectivity index (χ1v) is 11.2. The summed E-state index contributed by atoms with van der Waals surface area (Å²) in [5, 5.41) is 13.5. The molecule has 1 aromatic heterocycles. The van der Waals surface area contributed by atoms with Crippen molar-refractivity contribution in [2.45, 2.75) is 63.0 Å². The molecular formula is C23H24ClF3N2O5. The Morgan fingerprint density at radius 2 is 2.09 bits per heavy atom. The highest BCUT2D eigenvalue weighted by Gasteiger charge is 2.40. The van der Waals surface area contributed by atoms with Gasteiger partial charge in [0.25, 0.3) is 5.91 Å². The molecule has 2 heterocycles. The van der Waals surface area contributed by atoms with Crippen molar-refractivity contribution in [1.82, 2.24) is 10.3 Å². The number of hydrogen-bond acceptors (Lipinski definition) is 6. The third kappa shape index (κ3) is 6.24. The van der Waals surface area contributed by atoms with Crippen molar-refractivity contribution < 1.29 is 37.0 Å². The van der Waals surface area contributed by atoms with Crippen molar-refractivity contribution in [2.24, 2.45) is 5.92 Å². The summed E-state index contributed by atoms with van der Waals surface area (Å²) in [7, 11) is 0. The molecule has 2 atom stereocenters. The molecule has 1 aromatic carbocycles. The predicted octanol–water partition coefficient (Wildman–Crippen LogP) is 4.89. The SMILES string of the molecule is C=C(CCc1cnc(O[C@H]2C[C@@H](CC(F)(F)F)C2)o1)NC(=O)[C@H]1C[C@@H](O)c2cc(Cl)ccc2O1. The summed E-state index contributed by atoms with van der Waals surface area (Å²) in [6.45, 7) is 3.84. The second-order valence-corrected chi connectivity index (χ2v) is 9.06. The van der Waals surface area contributed by atoms with E-state index in [0.717, 1.165) is 0 Å². The molecule has 184 valence electrons. The number of aliphatic hydroxyl groups is 1. The van der Waals surface area contributed by atoms with E-state index in [0.29, 0.717) is 53.5 Å². The van der Waals surface area contributed by atoms with Gasteiger partial charge in [-0.05, 0) is 43.4 Å². The summed E-state index contributed by atoms with van der Waals surface area (Å²) in [5.74, 6) is 0.0440. The fraction of sp³-hybridized carbons (Fsp3) is 0.478. The number of nitrogens with one attached hydrogen (secondary N) is 1. The monoisotopic (exact) mass is 500 g/mol. The Morgan fingerprint density at radius 1 is 1.32 bits per heavy atom. The molecule has 0 saturated heterocycles. The number of fused-ring (bicyclic) bond motifs is 1. The molecule has 1 aliphatic carbocycles. The van der Waals surface area contributed by atoms with Crippen LogP contribution in [0.25, 0.3) is 0 Å². The number of rotatable bonds is 8. The lowest BCUT2D eigenvalue weighted by Gasteiger charge is -2.34. The molecule has 1 amide bonds. The molecule has 2 aromatic rings. The molecule has 0 radical (unpaired) electrons. The van der Waals surface area contributed by atoms with Crippen LogP contribution in [0.2, 0.25) is 5.02 Å². The van der Waals surface area contributed by atoms with Crippen LogP contribution in [0.4, 0.5) is 13.2 Å². The normalized spacial score (nSPS) is 23.9. The molecule has 2 N–H and O–H groups in total. The van der Waals surface area contributed by atoms with Crippen LogP contribution in [0.1, 0.15) is 49.5 Å². The zero-order chi connectivity index (χ0) is 24.5. The van der Waals surface area contributed by atoms with E-state index in [1.807, 2.05) is 0 Å². The average Bonchev–Trinajstić information content (AvgIpc) is 3.17. The number of ether oxygens (including phenoxy) is 2. The molecule has 1 aliphatic heterocycles. The van der Waals surface area contributed by atoms with E-state index in [-0.39, 0.29) is 18.6 Å². The number of amides is 1. The number of alkyl halides is 3. The molecule has 7 nitrogen and oxygen atoms in total. The molecule has 0 spiro atoms. The van der Waals surface area contributed by atoms with Gasteiger partial charge in [0.2, 0.25) is 0 Å². The third-order valence-corrected chi connectivity index (χ3v) is 6.05. The van der Waals surface area contributed by atoms with Gasteiger partial charge >= 0.3 is 12.3 Å². The van der Waals surface area contributed by atoms with Gasteiger partial charge in [0, 0.05) is 35.5 Å². The van der Waals surface area contributed by atoms with Crippen LogP contribution >= 0.6 is 11.6 Å². The van der Waals surface area contributed by atoms with Gasteiger partial charge < -0.3 is 24.3 Å². The minimum atomic E-state index is -4.16. The Labute approximate surface area is 198 Å². The number of oxazole rings is 1. The van der Waals surface area contributed by atoms with Crippen LogP contribution in [0.3, 0.4) is 0 Å². The molecule has 11 heteroatoms. The number of halogens is 4. The quantitative estimate of drug-likeness (QED) is 0.536. The van der Waals surface area contributed by atoms with E-state index in [4.69, 9.17) is 25.5 Å². The first-order valence-electron chi connectivity index (χ1n) is 10.9. The molecule has 0 bridgehead atoms. The van der Waals surface area contributed by atoms with E-state index in [1.54, 1.807) is 18.2 Å². The van der Waals surface area contributed by atoms with Crippen molar-refractivity contribution >= 4 is 17.5 Å². The van der Waals surface area contributed by atoms with Crippen molar-refractivity contribution in [1.29, 1.82) is 0 Å². The highest BCUT2D eigenvalue weighted by Crippen LogP contribution is 2.39. The number of hydrogen-bond donors (Lipinski definition) is 2. The lowest BCUT2D eigenvalue weighted by atomic mass is 9.80. The van der Waals surface area contributed by atoms with Gasteiger partial charge in [0.15, 0.2) is 6.10 Å². The number of nitrogens with zero attached hydrogens (tertiary/aromatic N) is 1. The number of benzene rings is 1. The molecule has 2 aliphatic rings. The predicted molar refractivity (Wildman–Crippen MR) is 115 cm³/mol. The number of aryl methyl sites for hydroxylation is 1. The summed E-state index contributed by atoms with van der Waals surface area (Å²) >= 11 is 5.94. The summed E-state index contributed by atoms with van der Waals surface area (Å²) in [4.78, 5) is 16.6. The molecule has 1 saturated carbocycles. The number of aliphatic hydroxyl groups excluding tert-OH is 1. The Morgan fingerprint density at radius 3 is 2.82 bits per heavy atom. The summed E-state index contributed by atoms with van der Waals surface area (Å²) in [6, 6.07) is 4.84. The van der Waals surface area contributed by atoms with Crippen molar-refractivity contribution in [2.75, 3.05) is 0 Å². The number of carbonyl (C=O) groups is 1. The van der Waals surface area contributed by atoms with Gasteiger partial charge in [0.1, 0.15) is 17.6 Å². The van der Waals surface area contributed by atoms with Crippen LogP contribution < -0.4 is 14.8 Å². The van der Waals surface area contributed by atoms with Gasteiger partial charge in [-0.3, -0.25) is 4.79 Å². The minimum Gasteiger partial charge on any atom is -0.480 e. The van der Waals surface area contributed by atoms with Crippen molar-refractivity contribution in [3.05, 3.63) is 53.0 Å². The second kappa shape index (κ2) is 9.87. The van der Waals surface area contributed by atoms with E-state index < -0.39 is 36.6 Å². The first kappa shape index (κ1) is 24.4. The van der Waals surface area contributed by atoms with Gasteiger partial charge in [-0.1, -0.05) is 18.2 Å². The van der Waals surface area contributed by atoms with Crippen LogP contribution in [0, 0.1) is 5.92 Å². The first-order chi connectivity index (χ1) is 16.1. The van der Waals surface area contributed by atoms with Gasteiger partial charge in [-0.2, -0.15) is 18.2 Å². The summed E-state index contributed by atoms with van der Waals surface area (Å²) in [6.07, 6.45) is -4.11. The topological polar surface area (TPSA) is 93.8 Å². The Kier molecular flexibility index (Phi) is 7.09. The zero-order valence-electron chi connectivity index (χ0n) is 18.1. The van der Waals surface area contributed by atoms with Crippen molar-refractivity contribution in [3.8, 4) is 11.8 Å². The van der Waals surface area contributed by atoms with Crippen molar-refractivity contribution in [3.63, 3.8) is 0 Å². The highest BCUT2D eigenvalue weighted by molar-refractivity contribution is 6.30. The van der Waals surface area contributed by atoms with Gasteiger partial charge in [-0.15, -0.1) is 0 Å². The molecular weight excluding hydrogens is 477 g/mol. The van der Waals surface area contributed by atoms with Crippen LogP contribution in [-0.4, -0.2) is 34.4 Å². The number of allylic oxidation sites excluding steroid dienone is 1. The highest BCUT2D eigenvalue weighted by atomic mass is 35.5. The zero-order valence-corrected chi connectivity index (χ0v) is 18.9. The lowest BCUT2D eigenvalue weighted by molar-refractivity contribution is -0.156. The number of aromatic nitrogens is 1. The fourth-order valence-electron chi connectivity index (χ4n) is 4.04. The Balaban J connectivity index is 1.19. The second-order valence-electron chi connectivity index (χ2n) is 8.62. The fourth-order valence-corrected chi connectivity index (χ4v) is 4.22. The molecule has 34 heavy (non-hydrogen) atoms. The summed E-state index contributed by atoms with van der Waals surface area (Å²) in [5.41, 5.74) is 0.967. The maximum Gasteiger partial charge on any atom is 0.393 e. The summed E-state index contributed by atoms with van der Waals surface area (Å²) < 4.78 is 53.8. The van der Waals surface area contributed by atoms with Crippen LogP contribution in [-0.2, 0) is 11.2 Å². The van der Waals surface area contributed by atoms with E-state index >= 15 is 0 Å². The van der Waals surface area contributed by atoms with E-state index in [9.17, 15) is 23.1 Å². The maximum absolute atomic E-state index is 12.6. The maximum atomic E-state index is 12.6. The standard InChI is InChI=1S/C23H24ClF3N2O5/c1-12(29-21(31)20-9-18(30)17-8-14(24)3-5-19(17)34-20)2-4-15-11-28-22(32-15)33-16-6-13(7-16)10-23(25,26)27/h3,5,8,11,13,16,18,20,30H,1-2,4,6-7,9-10H2,(H,29,31)/t13-,16+,18-,20-/m1/s1.